The van der Waals surface area contributed by atoms with Crippen molar-refractivity contribution < 1.29 is 23.5 Å². The molecular formula is C23H27FN2O4. The number of carbonyl (C=O) groups is 2. The van der Waals surface area contributed by atoms with Gasteiger partial charge in [-0.25, -0.2) is 4.39 Å². The molecule has 2 aromatic carbocycles. The lowest BCUT2D eigenvalue weighted by Gasteiger charge is -2.39. The summed E-state index contributed by atoms with van der Waals surface area (Å²) in [5.74, 6) is 0.412. The number of rotatable bonds is 6. The Morgan fingerprint density at radius 2 is 1.83 bits per heavy atom. The van der Waals surface area contributed by atoms with E-state index < -0.39 is 5.41 Å². The van der Waals surface area contributed by atoms with Gasteiger partial charge in [-0.15, -0.1) is 0 Å². The number of methoxy groups -OCH3 is 2. The number of likely N-dealkylation sites (tertiary alicyclic amines) is 1. The number of nitrogens with one attached hydrogen (secondary N) is 1. The van der Waals surface area contributed by atoms with Crippen molar-refractivity contribution in [3.8, 4) is 11.5 Å². The second-order valence-electron chi connectivity index (χ2n) is 7.80. The molecule has 2 aromatic rings. The number of piperidine rings is 1. The third-order valence-electron chi connectivity index (χ3n) is 5.47. The van der Waals surface area contributed by atoms with Gasteiger partial charge in [0, 0.05) is 31.3 Å². The molecule has 7 heteroatoms. The molecular weight excluding hydrogens is 387 g/mol. The first-order valence-corrected chi connectivity index (χ1v) is 9.90. The van der Waals surface area contributed by atoms with Gasteiger partial charge in [0.05, 0.1) is 19.6 Å². The number of hydrogen-bond donors (Lipinski definition) is 1. The summed E-state index contributed by atoms with van der Waals surface area (Å²) < 4.78 is 23.9. The maximum Gasteiger partial charge on any atom is 0.254 e. The van der Waals surface area contributed by atoms with Gasteiger partial charge in [0.2, 0.25) is 5.91 Å². The molecule has 0 aliphatic carbocycles. The first-order chi connectivity index (χ1) is 14.3. The van der Waals surface area contributed by atoms with Crippen molar-refractivity contribution in [2.24, 2.45) is 5.41 Å². The van der Waals surface area contributed by atoms with Crippen LogP contribution in [-0.2, 0) is 11.3 Å². The molecule has 0 saturated carbocycles. The molecule has 0 aromatic heterocycles. The van der Waals surface area contributed by atoms with E-state index in [1.807, 2.05) is 6.92 Å². The Hall–Kier alpha value is -3.09. The molecule has 3 rings (SSSR count). The van der Waals surface area contributed by atoms with E-state index in [1.165, 1.54) is 26.4 Å². The van der Waals surface area contributed by atoms with Gasteiger partial charge < -0.3 is 19.7 Å². The average Bonchev–Trinajstić information content (AvgIpc) is 2.76. The normalized spacial score (nSPS) is 18.6. The molecule has 6 nitrogen and oxygen atoms in total. The first-order valence-electron chi connectivity index (χ1n) is 9.90. The van der Waals surface area contributed by atoms with Crippen LogP contribution in [0.3, 0.4) is 0 Å². The Bertz CT molecular complexity index is 911. The van der Waals surface area contributed by atoms with Gasteiger partial charge in [-0.1, -0.05) is 12.1 Å². The molecule has 1 saturated heterocycles. The van der Waals surface area contributed by atoms with Crippen LogP contribution in [0.15, 0.2) is 42.5 Å². The van der Waals surface area contributed by atoms with Gasteiger partial charge >= 0.3 is 0 Å². The van der Waals surface area contributed by atoms with Crippen LogP contribution in [0, 0.1) is 11.2 Å². The average molecular weight is 414 g/mol. The lowest BCUT2D eigenvalue weighted by molar-refractivity contribution is -0.132. The van der Waals surface area contributed by atoms with Gasteiger partial charge in [-0.05, 0) is 49.6 Å². The van der Waals surface area contributed by atoms with Crippen LogP contribution in [0.25, 0.3) is 0 Å². The van der Waals surface area contributed by atoms with Crippen molar-refractivity contribution in [2.45, 2.75) is 26.3 Å². The maximum absolute atomic E-state index is 13.4. The quantitative estimate of drug-likeness (QED) is 0.787. The lowest BCUT2D eigenvalue weighted by atomic mass is 9.80. The van der Waals surface area contributed by atoms with Gasteiger partial charge in [0.1, 0.15) is 17.3 Å². The summed E-state index contributed by atoms with van der Waals surface area (Å²) in [5.41, 5.74) is 0.430. The monoisotopic (exact) mass is 414 g/mol. The Balaban J connectivity index is 1.70. The highest BCUT2D eigenvalue weighted by atomic mass is 19.1. The van der Waals surface area contributed by atoms with E-state index in [9.17, 15) is 14.0 Å². The summed E-state index contributed by atoms with van der Waals surface area (Å²) in [6.45, 7) is 2.98. The van der Waals surface area contributed by atoms with Crippen molar-refractivity contribution in [1.82, 2.24) is 10.2 Å². The van der Waals surface area contributed by atoms with E-state index in [0.29, 0.717) is 42.1 Å². The molecule has 0 radical (unpaired) electrons. The third-order valence-corrected chi connectivity index (χ3v) is 5.47. The van der Waals surface area contributed by atoms with Crippen LogP contribution >= 0.6 is 0 Å². The van der Waals surface area contributed by atoms with E-state index in [1.54, 1.807) is 35.2 Å². The minimum Gasteiger partial charge on any atom is -0.497 e. The Kier molecular flexibility index (Phi) is 6.59. The number of benzene rings is 2. The molecule has 1 N–H and O–H groups in total. The zero-order chi connectivity index (χ0) is 21.7. The number of ether oxygens (including phenoxy) is 2. The van der Waals surface area contributed by atoms with Crippen molar-refractivity contribution in [3.63, 3.8) is 0 Å². The van der Waals surface area contributed by atoms with Crippen LogP contribution in [0.5, 0.6) is 11.5 Å². The first kappa shape index (κ1) is 21.6. The van der Waals surface area contributed by atoms with Gasteiger partial charge in [0.25, 0.3) is 5.91 Å². The Morgan fingerprint density at radius 3 is 2.47 bits per heavy atom. The molecule has 1 aliphatic rings. The van der Waals surface area contributed by atoms with Crippen LogP contribution in [0.2, 0.25) is 0 Å². The molecule has 2 amide bonds. The molecule has 1 atom stereocenters. The van der Waals surface area contributed by atoms with Gasteiger partial charge in [0.15, 0.2) is 0 Å². The van der Waals surface area contributed by atoms with Crippen LogP contribution < -0.4 is 14.8 Å². The minimum absolute atomic E-state index is 0.146. The van der Waals surface area contributed by atoms with E-state index >= 15 is 0 Å². The smallest absolute Gasteiger partial charge is 0.254 e. The van der Waals surface area contributed by atoms with E-state index in [-0.39, 0.29) is 24.2 Å². The summed E-state index contributed by atoms with van der Waals surface area (Å²) in [4.78, 5) is 27.7. The summed E-state index contributed by atoms with van der Waals surface area (Å²) >= 11 is 0. The topological polar surface area (TPSA) is 67.9 Å². The number of carbonyl (C=O) groups excluding carboxylic acids is 2. The summed E-state index contributed by atoms with van der Waals surface area (Å²) in [5, 5.41) is 2.89. The zero-order valence-corrected chi connectivity index (χ0v) is 17.5. The molecule has 1 heterocycles. The summed E-state index contributed by atoms with van der Waals surface area (Å²) in [7, 11) is 3.06. The number of halogens is 1. The summed E-state index contributed by atoms with van der Waals surface area (Å²) in [6, 6.07) is 11.2. The molecule has 1 unspecified atom stereocenters. The standard InChI is InChI=1S/C23H27FN2O4/c1-23(22(28)25-14-16-6-4-7-18(24)10-16)8-5-9-26(15-23)21(27)17-11-19(29-2)13-20(12-17)30-3/h4,6-7,10-13H,5,8-9,14-15H2,1-3H3,(H,25,28). The second-order valence-corrected chi connectivity index (χ2v) is 7.80. The lowest BCUT2D eigenvalue weighted by Crippen LogP contribution is -2.51. The van der Waals surface area contributed by atoms with E-state index in [2.05, 4.69) is 5.32 Å². The SMILES string of the molecule is COc1cc(OC)cc(C(=O)N2CCCC(C)(C(=O)NCc3cccc(F)c3)C2)c1. The van der Waals surface area contributed by atoms with Crippen molar-refractivity contribution in [2.75, 3.05) is 27.3 Å². The minimum atomic E-state index is -0.718. The fourth-order valence-corrected chi connectivity index (χ4v) is 3.75. The third kappa shape index (κ3) is 4.90. The zero-order valence-electron chi connectivity index (χ0n) is 17.5. The van der Waals surface area contributed by atoms with Crippen molar-refractivity contribution in [1.29, 1.82) is 0 Å². The molecule has 0 spiro atoms. The second kappa shape index (κ2) is 9.15. The predicted molar refractivity (Wildman–Crippen MR) is 111 cm³/mol. The van der Waals surface area contributed by atoms with Crippen LogP contribution in [0.1, 0.15) is 35.7 Å². The molecule has 1 aliphatic heterocycles. The molecule has 160 valence electrons. The predicted octanol–water partition coefficient (Wildman–Crippen LogP) is 3.40. The van der Waals surface area contributed by atoms with Crippen molar-refractivity contribution >= 4 is 11.8 Å². The Labute approximate surface area is 176 Å². The van der Waals surface area contributed by atoms with Gasteiger partial charge in [-0.2, -0.15) is 0 Å². The Morgan fingerprint density at radius 1 is 1.13 bits per heavy atom. The van der Waals surface area contributed by atoms with E-state index in [4.69, 9.17) is 9.47 Å². The molecule has 30 heavy (non-hydrogen) atoms. The molecule has 0 bridgehead atoms. The number of amides is 2. The van der Waals surface area contributed by atoms with Crippen LogP contribution in [0.4, 0.5) is 4.39 Å². The number of hydrogen-bond acceptors (Lipinski definition) is 4. The largest absolute Gasteiger partial charge is 0.497 e. The fourth-order valence-electron chi connectivity index (χ4n) is 3.75. The highest BCUT2D eigenvalue weighted by molar-refractivity contribution is 5.96. The summed E-state index contributed by atoms with van der Waals surface area (Å²) in [6.07, 6.45) is 1.39. The van der Waals surface area contributed by atoms with Crippen LogP contribution in [-0.4, -0.2) is 44.0 Å². The highest BCUT2D eigenvalue weighted by Gasteiger charge is 2.39. The number of nitrogens with zero attached hydrogens (tertiary/aromatic N) is 1. The van der Waals surface area contributed by atoms with Gasteiger partial charge in [-0.3, -0.25) is 9.59 Å². The molecule has 1 fully saturated rings. The van der Waals surface area contributed by atoms with E-state index in [0.717, 1.165) is 6.42 Å². The van der Waals surface area contributed by atoms with Crippen molar-refractivity contribution in [3.05, 3.63) is 59.4 Å². The highest BCUT2D eigenvalue weighted by Crippen LogP contribution is 2.32. The fraction of sp³-hybridized carbons (Fsp3) is 0.391. The maximum atomic E-state index is 13.4.